The highest BCUT2D eigenvalue weighted by Gasteiger charge is 2.14. The summed E-state index contributed by atoms with van der Waals surface area (Å²) in [4.78, 5) is 2.23. The smallest absolute Gasteiger partial charge is 0.169 e. The van der Waals surface area contributed by atoms with Crippen LogP contribution in [0.2, 0.25) is 0 Å². The largest absolute Gasteiger partial charge is 0.453 e. The molecule has 1 unspecified atom stereocenters. The molecule has 2 N–H and O–H groups in total. The van der Waals surface area contributed by atoms with Gasteiger partial charge in [0, 0.05) is 0 Å². The molecule has 4 heteroatoms. The normalized spacial score (nSPS) is 13.5. The third-order valence-electron chi connectivity index (χ3n) is 2.38. The minimum Gasteiger partial charge on any atom is -0.453 e. The molecule has 0 spiro atoms. The van der Waals surface area contributed by atoms with Crippen LogP contribution < -0.4 is 5.73 Å². The van der Waals surface area contributed by atoms with Crippen molar-refractivity contribution in [1.82, 2.24) is 4.90 Å². The van der Waals surface area contributed by atoms with Crippen LogP contribution in [-0.4, -0.2) is 25.0 Å². The van der Waals surface area contributed by atoms with E-state index in [0.717, 1.165) is 29.9 Å². The summed E-state index contributed by atoms with van der Waals surface area (Å²) in [6, 6.07) is 4.21. The van der Waals surface area contributed by atoms with E-state index in [1.807, 2.05) is 12.1 Å². The quantitative estimate of drug-likeness (QED) is 0.884. The third kappa shape index (κ3) is 3.12. The third-order valence-corrected chi connectivity index (χ3v) is 2.81. The minimum absolute atomic E-state index is 0.299. The lowest BCUT2D eigenvalue weighted by Gasteiger charge is -2.22. The predicted molar refractivity (Wildman–Crippen MR) is 61.1 cm³/mol. The molecule has 0 saturated carbocycles. The van der Waals surface area contributed by atoms with E-state index in [1.165, 1.54) is 0 Å². The van der Waals surface area contributed by atoms with Gasteiger partial charge in [0.25, 0.3) is 0 Å². The van der Waals surface area contributed by atoms with Crippen LogP contribution in [0, 0.1) is 0 Å². The number of rotatable bonds is 5. The first-order valence-corrected chi connectivity index (χ1v) is 5.60. The molecular weight excluding hydrogens is 244 g/mol. The molecule has 80 valence electrons. The van der Waals surface area contributed by atoms with Crippen LogP contribution in [0.15, 0.2) is 21.2 Å². The molecule has 1 aromatic heterocycles. The summed E-state index contributed by atoms with van der Waals surface area (Å²) in [6.07, 6.45) is 1.02. The van der Waals surface area contributed by atoms with E-state index in [-0.39, 0.29) is 0 Å². The minimum atomic E-state index is 0.299. The average Bonchev–Trinajstić information content (AvgIpc) is 2.60. The zero-order valence-corrected chi connectivity index (χ0v) is 10.3. The molecule has 0 aromatic carbocycles. The summed E-state index contributed by atoms with van der Waals surface area (Å²) in [5.74, 6) is 0.983. The number of nitrogens with two attached hydrogens (primary N) is 1. The van der Waals surface area contributed by atoms with Crippen molar-refractivity contribution in [3.05, 3.63) is 22.6 Å². The van der Waals surface area contributed by atoms with E-state index in [4.69, 9.17) is 10.2 Å². The Bertz CT molecular complexity index is 275. The fourth-order valence-electron chi connectivity index (χ4n) is 1.30. The molecule has 3 nitrogen and oxygen atoms in total. The van der Waals surface area contributed by atoms with Crippen LogP contribution in [0.3, 0.4) is 0 Å². The van der Waals surface area contributed by atoms with Crippen LogP contribution in [0.5, 0.6) is 0 Å². The highest BCUT2D eigenvalue weighted by Crippen LogP contribution is 2.23. The van der Waals surface area contributed by atoms with Crippen molar-refractivity contribution >= 4 is 15.9 Å². The van der Waals surface area contributed by atoms with Crippen molar-refractivity contribution in [3.63, 3.8) is 0 Å². The Kier molecular flexibility index (Phi) is 4.65. The van der Waals surface area contributed by atoms with E-state index < -0.39 is 0 Å². The van der Waals surface area contributed by atoms with Gasteiger partial charge in [0.1, 0.15) is 5.76 Å². The van der Waals surface area contributed by atoms with Gasteiger partial charge in [0.2, 0.25) is 0 Å². The summed E-state index contributed by atoms with van der Waals surface area (Å²) >= 11 is 3.30. The molecule has 0 radical (unpaired) electrons. The van der Waals surface area contributed by atoms with E-state index in [9.17, 15) is 0 Å². The van der Waals surface area contributed by atoms with Crippen LogP contribution in [0.4, 0.5) is 0 Å². The van der Waals surface area contributed by atoms with Gasteiger partial charge in [0.05, 0.1) is 6.04 Å². The number of furan rings is 1. The highest BCUT2D eigenvalue weighted by atomic mass is 79.9. The molecular formula is C10H17BrN2O. The molecule has 1 heterocycles. The number of hydrogen-bond acceptors (Lipinski definition) is 3. The second-order valence-corrected chi connectivity index (χ2v) is 4.22. The molecule has 0 aliphatic heterocycles. The fourth-order valence-corrected chi connectivity index (χ4v) is 1.62. The number of halogens is 1. The Morgan fingerprint density at radius 2 is 2.29 bits per heavy atom. The average molecular weight is 261 g/mol. The summed E-state index contributed by atoms with van der Waals surface area (Å²) in [5, 5.41) is 0. The second kappa shape index (κ2) is 5.53. The van der Waals surface area contributed by atoms with Crippen LogP contribution in [-0.2, 0) is 0 Å². The van der Waals surface area contributed by atoms with E-state index >= 15 is 0 Å². The van der Waals surface area contributed by atoms with Gasteiger partial charge in [-0.25, -0.2) is 0 Å². The van der Waals surface area contributed by atoms with Crippen molar-refractivity contribution in [3.8, 4) is 0 Å². The number of hydrogen-bond donors (Lipinski definition) is 1. The molecule has 0 bridgehead atoms. The molecule has 1 aromatic rings. The van der Waals surface area contributed by atoms with Gasteiger partial charge >= 0.3 is 0 Å². The maximum atomic E-state index is 5.49. The Morgan fingerprint density at radius 3 is 2.79 bits per heavy atom. The van der Waals surface area contributed by atoms with Gasteiger partial charge in [-0.1, -0.05) is 0 Å². The van der Waals surface area contributed by atoms with Crippen molar-refractivity contribution in [2.45, 2.75) is 19.4 Å². The maximum Gasteiger partial charge on any atom is 0.169 e. The van der Waals surface area contributed by atoms with Crippen LogP contribution >= 0.6 is 15.9 Å². The van der Waals surface area contributed by atoms with E-state index in [0.29, 0.717) is 6.04 Å². The van der Waals surface area contributed by atoms with Gasteiger partial charge in [0.15, 0.2) is 4.67 Å². The molecule has 0 fully saturated rings. The van der Waals surface area contributed by atoms with Crippen molar-refractivity contribution in [1.29, 1.82) is 0 Å². The Morgan fingerprint density at radius 1 is 1.57 bits per heavy atom. The van der Waals surface area contributed by atoms with Crippen molar-refractivity contribution in [2.24, 2.45) is 5.73 Å². The van der Waals surface area contributed by atoms with Crippen LogP contribution in [0.25, 0.3) is 0 Å². The Labute approximate surface area is 93.4 Å². The summed E-state index contributed by atoms with van der Waals surface area (Å²) in [7, 11) is 2.08. The first-order chi connectivity index (χ1) is 6.65. The second-order valence-electron chi connectivity index (χ2n) is 3.44. The monoisotopic (exact) mass is 260 g/mol. The number of nitrogens with zero attached hydrogens (tertiary/aromatic N) is 1. The maximum absolute atomic E-state index is 5.49. The van der Waals surface area contributed by atoms with Gasteiger partial charge in [-0.15, -0.1) is 0 Å². The topological polar surface area (TPSA) is 42.4 Å². The lowest BCUT2D eigenvalue weighted by molar-refractivity contribution is 0.228. The SMILES string of the molecule is CC(c1ccc(Br)o1)N(C)CCCN. The van der Waals surface area contributed by atoms with Gasteiger partial charge in [-0.2, -0.15) is 0 Å². The molecule has 0 amide bonds. The molecule has 1 atom stereocenters. The van der Waals surface area contributed by atoms with E-state index in [1.54, 1.807) is 0 Å². The first kappa shape index (κ1) is 11.8. The molecule has 0 aliphatic carbocycles. The lowest BCUT2D eigenvalue weighted by atomic mass is 10.2. The van der Waals surface area contributed by atoms with Gasteiger partial charge in [-0.05, 0) is 61.5 Å². The Balaban J connectivity index is 2.51. The summed E-state index contributed by atoms with van der Waals surface area (Å²) < 4.78 is 6.27. The zero-order chi connectivity index (χ0) is 10.6. The summed E-state index contributed by atoms with van der Waals surface area (Å²) in [5.41, 5.74) is 5.46. The highest BCUT2D eigenvalue weighted by molar-refractivity contribution is 9.10. The molecule has 0 saturated heterocycles. The van der Waals surface area contributed by atoms with Crippen molar-refractivity contribution < 1.29 is 4.42 Å². The predicted octanol–water partition coefficient (Wildman–Crippen LogP) is 2.38. The fraction of sp³-hybridized carbons (Fsp3) is 0.600. The molecule has 0 aliphatic rings. The van der Waals surface area contributed by atoms with Crippen LogP contribution in [0.1, 0.15) is 25.1 Å². The molecule has 1 rings (SSSR count). The zero-order valence-electron chi connectivity index (χ0n) is 8.66. The summed E-state index contributed by atoms with van der Waals surface area (Å²) in [6.45, 7) is 3.86. The Hall–Kier alpha value is -0.320. The molecule has 14 heavy (non-hydrogen) atoms. The standard InChI is InChI=1S/C10H17BrN2O/c1-8(13(2)7-3-6-12)9-4-5-10(11)14-9/h4-5,8H,3,6-7,12H2,1-2H3. The van der Waals surface area contributed by atoms with E-state index in [2.05, 4.69) is 34.8 Å². The lowest BCUT2D eigenvalue weighted by Crippen LogP contribution is -2.24. The van der Waals surface area contributed by atoms with Gasteiger partial charge in [-0.3, -0.25) is 4.90 Å². The van der Waals surface area contributed by atoms with Crippen molar-refractivity contribution in [2.75, 3.05) is 20.1 Å². The van der Waals surface area contributed by atoms with Gasteiger partial charge < -0.3 is 10.2 Å². The first-order valence-electron chi connectivity index (χ1n) is 4.80.